The van der Waals surface area contributed by atoms with Crippen molar-refractivity contribution in [2.45, 2.75) is 31.1 Å². The molecule has 0 bridgehead atoms. The number of carbonyl (C=O) groups is 2. The highest BCUT2D eigenvalue weighted by atomic mass is 19.1. The number of hydrogen-bond acceptors (Lipinski definition) is 2. The number of nitrogens with one attached hydrogen (secondary N) is 1. The average Bonchev–Trinajstić information content (AvgIpc) is 3.10. The van der Waals surface area contributed by atoms with E-state index in [2.05, 4.69) is 5.32 Å². The van der Waals surface area contributed by atoms with Gasteiger partial charge in [0.05, 0.1) is 0 Å². The van der Waals surface area contributed by atoms with E-state index in [0.717, 1.165) is 31.2 Å². The summed E-state index contributed by atoms with van der Waals surface area (Å²) >= 11 is 0. The second-order valence-electron chi connectivity index (χ2n) is 6.62. The van der Waals surface area contributed by atoms with Crippen molar-refractivity contribution in [3.63, 3.8) is 0 Å². The van der Waals surface area contributed by atoms with Gasteiger partial charge in [0.2, 0.25) is 5.91 Å². The number of hydrogen-bond donors (Lipinski definition) is 2. The third-order valence-corrected chi connectivity index (χ3v) is 5.04. The number of amides is 2. The Morgan fingerprint density at radius 2 is 1.52 bits per heavy atom. The molecule has 1 aliphatic carbocycles. The van der Waals surface area contributed by atoms with E-state index in [4.69, 9.17) is 5.73 Å². The lowest BCUT2D eigenvalue weighted by atomic mass is 9.78. The lowest BCUT2D eigenvalue weighted by molar-refractivity contribution is 0.0941. The summed E-state index contributed by atoms with van der Waals surface area (Å²) in [5.74, 6) is -0.965. The minimum Gasteiger partial charge on any atom is -0.366 e. The molecule has 1 fully saturated rings. The maximum Gasteiger partial charge on any atom is 0.251 e. The Balaban J connectivity index is 1.72. The van der Waals surface area contributed by atoms with Crippen LogP contribution in [0.5, 0.6) is 0 Å². The van der Waals surface area contributed by atoms with E-state index in [0.29, 0.717) is 17.7 Å². The van der Waals surface area contributed by atoms with E-state index < -0.39 is 5.91 Å². The highest BCUT2D eigenvalue weighted by Crippen LogP contribution is 2.40. The van der Waals surface area contributed by atoms with Crippen molar-refractivity contribution in [3.8, 4) is 0 Å². The molecule has 3 rings (SSSR count). The third-order valence-electron chi connectivity index (χ3n) is 5.04. The number of carbonyl (C=O) groups excluding carboxylic acids is 2. The van der Waals surface area contributed by atoms with Crippen molar-refractivity contribution in [1.29, 1.82) is 0 Å². The fourth-order valence-electron chi connectivity index (χ4n) is 3.56. The first-order chi connectivity index (χ1) is 12.0. The van der Waals surface area contributed by atoms with Gasteiger partial charge in [-0.3, -0.25) is 9.59 Å². The SMILES string of the molecule is NC(=O)c1ccc(C(=O)NCC2(c3ccc(F)cc3)CCCC2)cc1. The van der Waals surface area contributed by atoms with Crippen molar-refractivity contribution >= 4 is 11.8 Å². The number of benzene rings is 2. The van der Waals surface area contributed by atoms with Crippen LogP contribution in [-0.2, 0) is 5.41 Å². The lowest BCUT2D eigenvalue weighted by Gasteiger charge is -2.30. The Kier molecular flexibility index (Phi) is 4.83. The first kappa shape index (κ1) is 17.1. The zero-order chi connectivity index (χ0) is 17.9. The van der Waals surface area contributed by atoms with Crippen LogP contribution in [-0.4, -0.2) is 18.4 Å². The van der Waals surface area contributed by atoms with Gasteiger partial charge in [-0.25, -0.2) is 4.39 Å². The molecule has 0 atom stereocenters. The number of rotatable bonds is 5. The molecule has 2 aromatic carbocycles. The summed E-state index contributed by atoms with van der Waals surface area (Å²) in [7, 11) is 0. The van der Waals surface area contributed by atoms with Gasteiger partial charge in [-0.1, -0.05) is 25.0 Å². The van der Waals surface area contributed by atoms with E-state index >= 15 is 0 Å². The molecule has 0 unspecified atom stereocenters. The lowest BCUT2D eigenvalue weighted by Crippen LogP contribution is -2.39. The van der Waals surface area contributed by atoms with Gasteiger partial charge < -0.3 is 11.1 Å². The van der Waals surface area contributed by atoms with E-state index in [-0.39, 0.29) is 17.1 Å². The van der Waals surface area contributed by atoms with Crippen LogP contribution in [0.15, 0.2) is 48.5 Å². The quantitative estimate of drug-likeness (QED) is 0.877. The van der Waals surface area contributed by atoms with Gasteiger partial charge in [-0.15, -0.1) is 0 Å². The van der Waals surface area contributed by atoms with Crippen molar-refractivity contribution in [2.75, 3.05) is 6.54 Å². The van der Waals surface area contributed by atoms with Crippen LogP contribution >= 0.6 is 0 Å². The Labute approximate surface area is 146 Å². The van der Waals surface area contributed by atoms with Crippen LogP contribution < -0.4 is 11.1 Å². The molecule has 0 aliphatic heterocycles. The highest BCUT2D eigenvalue weighted by Gasteiger charge is 2.35. The molecule has 0 radical (unpaired) electrons. The summed E-state index contributed by atoms with van der Waals surface area (Å²) in [6.45, 7) is 0.509. The van der Waals surface area contributed by atoms with Gasteiger partial charge >= 0.3 is 0 Å². The first-order valence-corrected chi connectivity index (χ1v) is 8.44. The van der Waals surface area contributed by atoms with E-state index in [1.807, 2.05) is 12.1 Å². The molecule has 1 saturated carbocycles. The normalized spacial score (nSPS) is 15.7. The molecule has 130 valence electrons. The standard InChI is InChI=1S/C20H21FN2O2/c21-17-9-7-16(8-10-17)20(11-1-2-12-20)13-23-19(25)15-5-3-14(4-6-15)18(22)24/h3-10H,1-2,11-13H2,(H2,22,24)(H,23,25). The van der Waals surface area contributed by atoms with Crippen LogP contribution in [0, 0.1) is 5.82 Å². The second-order valence-corrected chi connectivity index (χ2v) is 6.62. The first-order valence-electron chi connectivity index (χ1n) is 8.44. The van der Waals surface area contributed by atoms with Gasteiger partial charge in [0, 0.05) is 23.1 Å². The molecule has 25 heavy (non-hydrogen) atoms. The van der Waals surface area contributed by atoms with Crippen molar-refractivity contribution in [3.05, 3.63) is 71.0 Å². The van der Waals surface area contributed by atoms with Crippen molar-refractivity contribution < 1.29 is 14.0 Å². The summed E-state index contributed by atoms with van der Waals surface area (Å²) < 4.78 is 13.2. The fraction of sp³-hybridized carbons (Fsp3) is 0.300. The molecule has 0 aromatic heterocycles. The summed E-state index contributed by atoms with van der Waals surface area (Å²) in [5.41, 5.74) is 6.98. The van der Waals surface area contributed by atoms with Gasteiger partial charge in [-0.05, 0) is 54.8 Å². The van der Waals surface area contributed by atoms with E-state index in [1.54, 1.807) is 24.3 Å². The Morgan fingerprint density at radius 3 is 2.08 bits per heavy atom. The maximum absolute atomic E-state index is 13.2. The zero-order valence-electron chi connectivity index (χ0n) is 13.9. The van der Waals surface area contributed by atoms with Crippen LogP contribution in [0.2, 0.25) is 0 Å². The Bertz CT molecular complexity index is 763. The molecule has 2 aromatic rings. The largest absolute Gasteiger partial charge is 0.366 e. The molecule has 2 amide bonds. The maximum atomic E-state index is 13.2. The molecular weight excluding hydrogens is 319 g/mol. The predicted octanol–water partition coefficient (Wildman–Crippen LogP) is 3.17. The molecule has 5 heteroatoms. The second kappa shape index (κ2) is 7.05. The van der Waals surface area contributed by atoms with Gasteiger partial charge in [-0.2, -0.15) is 0 Å². The predicted molar refractivity (Wildman–Crippen MR) is 93.8 cm³/mol. The van der Waals surface area contributed by atoms with Gasteiger partial charge in [0.25, 0.3) is 5.91 Å². The smallest absolute Gasteiger partial charge is 0.251 e. The van der Waals surface area contributed by atoms with E-state index in [9.17, 15) is 14.0 Å². The van der Waals surface area contributed by atoms with Gasteiger partial charge in [0.1, 0.15) is 5.82 Å². The summed E-state index contributed by atoms with van der Waals surface area (Å²) in [6, 6.07) is 12.8. The topological polar surface area (TPSA) is 72.2 Å². The fourth-order valence-corrected chi connectivity index (χ4v) is 3.56. The monoisotopic (exact) mass is 340 g/mol. The molecule has 4 nitrogen and oxygen atoms in total. The number of halogens is 1. The van der Waals surface area contributed by atoms with Crippen LogP contribution in [0.4, 0.5) is 4.39 Å². The summed E-state index contributed by atoms with van der Waals surface area (Å²) in [4.78, 5) is 23.5. The number of primary amides is 1. The zero-order valence-corrected chi connectivity index (χ0v) is 13.9. The summed E-state index contributed by atoms with van der Waals surface area (Å²) in [5, 5.41) is 2.99. The average molecular weight is 340 g/mol. The number of nitrogens with two attached hydrogens (primary N) is 1. The Hall–Kier alpha value is -2.69. The van der Waals surface area contributed by atoms with Crippen LogP contribution in [0.25, 0.3) is 0 Å². The third kappa shape index (κ3) is 3.71. The highest BCUT2D eigenvalue weighted by molar-refractivity contribution is 5.97. The van der Waals surface area contributed by atoms with Crippen LogP contribution in [0.3, 0.4) is 0 Å². The summed E-state index contributed by atoms with van der Waals surface area (Å²) in [6.07, 6.45) is 4.14. The molecule has 3 N–H and O–H groups in total. The van der Waals surface area contributed by atoms with Crippen molar-refractivity contribution in [2.24, 2.45) is 5.73 Å². The van der Waals surface area contributed by atoms with Crippen molar-refractivity contribution in [1.82, 2.24) is 5.32 Å². The van der Waals surface area contributed by atoms with E-state index in [1.165, 1.54) is 12.1 Å². The molecule has 0 spiro atoms. The minimum atomic E-state index is -0.520. The molecular formula is C20H21FN2O2. The van der Waals surface area contributed by atoms with Crippen LogP contribution in [0.1, 0.15) is 52.0 Å². The minimum absolute atomic E-state index is 0.142. The molecule has 1 aliphatic rings. The molecule has 0 heterocycles. The Morgan fingerprint density at radius 1 is 0.960 bits per heavy atom. The molecule has 0 saturated heterocycles. The van der Waals surface area contributed by atoms with Gasteiger partial charge in [0.15, 0.2) is 0 Å².